The number of aryl methyl sites for hydroxylation is 1. The van der Waals surface area contributed by atoms with Crippen LogP contribution in [0.15, 0.2) is 43.0 Å². The first kappa shape index (κ1) is 22.3. The Morgan fingerprint density at radius 1 is 1.21 bits per heavy atom. The van der Waals surface area contributed by atoms with E-state index >= 15 is 0 Å². The smallest absolute Gasteiger partial charge is 0.169 e. The molecule has 2 rings (SSSR count). The van der Waals surface area contributed by atoms with E-state index in [0.29, 0.717) is 12.6 Å². The van der Waals surface area contributed by atoms with E-state index in [1.165, 1.54) is 31.4 Å². The van der Waals surface area contributed by atoms with Crippen LogP contribution in [0.1, 0.15) is 57.9 Å². The number of unbranched alkanes of at least 4 members (excludes halogenated alkanes) is 2. The third-order valence-electron chi connectivity index (χ3n) is 4.95. The van der Waals surface area contributed by atoms with Gasteiger partial charge in [0.05, 0.1) is 6.33 Å². The quantitative estimate of drug-likeness (QED) is 0.392. The van der Waals surface area contributed by atoms with Gasteiger partial charge in [-0.05, 0) is 49.2 Å². The molecule has 1 aromatic heterocycles. The summed E-state index contributed by atoms with van der Waals surface area (Å²) in [6.07, 6.45) is 12.5. The second-order valence-electron chi connectivity index (χ2n) is 7.25. The van der Waals surface area contributed by atoms with Crippen LogP contribution in [-0.2, 0) is 13.1 Å². The Morgan fingerprint density at radius 2 is 2.00 bits per heavy atom. The number of benzene rings is 1. The van der Waals surface area contributed by atoms with Gasteiger partial charge < -0.3 is 14.8 Å². The standard InChI is InChI=1S/C22H33FN4S/c1-3-5-6-8-21(4-2)25-22(28)27(15-7-14-26-16-13-24-18-26)17-19-9-11-20(23)12-10-19/h9-13,16,18,21H,3-8,14-15,17H2,1-2H3,(H,25,28). The van der Waals surface area contributed by atoms with Crippen LogP contribution in [0.5, 0.6) is 0 Å². The van der Waals surface area contributed by atoms with Gasteiger partial charge in [0.1, 0.15) is 5.82 Å². The van der Waals surface area contributed by atoms with Crippen molar-refractivity contribution >= 4 is 17.3 Å². The highest BCUT2D eigenvalue weighted by atomic mass is 32.1. The number of nitrogens with zero attached hydrogens (tertiary/aromatic N) is 3. The lowest BCUT2D eigenvalue weighted by Gasteiger charge is -2.29. The number of hydrogen-bond acceptors (Lipinski definition) is 2. The molecule has 0 aliphatic carbocycles. The summed E-state index contributed by atoms with van der Waals surface area (Å²) in [5, 5.41) is 4.36. The van der Waals surface area contributed by atoms with Gasteiger partial charge in [0.2, 0.25) is 0 Å². The first-order valence-corrected chi connectivity index (χ1v) is 10.8. The minimum Gasteiger partial charge on any atom is -0.360 e. The van der Waals surface area contributed by atoms with Crippen molar-refractivity contribution in [2.75, 3.05) is 6.54 Å². The fourth-order valence-electron chi connectivity index (χ4n) is 3.21. The molecule has 4 nitrogen and oxygen atoms in total. The number of rotatable bonds is 12. The Bertz CT molecular complexity index is 672. The summed E-state index contributed by atoms with van der Waals surface area (Å²) in [4.78, 5) is 6.29. The first-order chi connectivity index (χ1) is 13.6. The van der Waals surface area contributed by atoms with Crippen LogP contribution < -0.4 is 5.32 Å². The van der Waals surface area contributed by atoms with Gasteiger partial charge in [-0.15, -0.1) is 0 Å². The molecule has 0 aliphatic rings. The van der Waals surface area contributed by atoms with Gasteiger partial charge in [0.15, 0.2) is 5.11 Å². The summed E-state index contributed by atoms with van der Waals surface area (Å²) in [7, 11) is 0. The normalized spacial score (nSPS) is 12.0. The zero-order chi connectivity index (χ0) is 20.2. The van der Waals surface area contributed by atoms with Gasteiger partial charge in [-0.25, -0.2) is 9.37 Å². The highest BCUT2D eigenvalue weighted by Crippen LogP contribution is 2.11. The van der Waals surface area contributed by atoms with Gasteiger partial charge in [0, 0.05) is 38.1 Å². The van der Waals surface area contributed by atoms with E-state index in [0.717, 1.165) is 43.0 Å². The number of hydrogen-bond donors (Lipinski definition) is 1. The number of thiocarbonyl (C=S) groups is 1. The molecule has 1 N–H and O–H groups in total. The van der Waals surface area contributed by atoms with Crippen LogP contribution in [0.4, 0.5) is 4.39 Å². The molecule has 1 aromatic carbocycles. The maximum absolute atomic E-state index is 13.2. The zero-order valence-corrected chi connectivity index (χ0v) is 17.9. The van der Waals surface area contributed by atoms with Crippen molar-refractivity contribution < 1.29 is 4.39 Å². The number of imidazole rings is 1. The molecule has 0 saturated carbocycles. The molecule has 0 amide bonds. The average Bonchev–Trinajstić information content (AvgIpc) is 3.21. The van der Waals surface area contributed by atoms with E-state index < -0.39 is 0 Å². The minimum absolute atomic E-state index is 0.210. The monoisotopic (exact) mass is 404 g/mol. The predicted octanol–water partition coefficient (Wildman–Crippen LogP) is 5.15. The van der Waals surface area contributed by atoms with Gasteiger partial charge in [-0.3, -0.25) is 0 Å². The Hall–Kier alpha value is -1.95. The molecular weight excluding hydrogens is 371 g/mol. The lowest BCUT2D eigenvalue weighted by Crippen LogP contribution is -2.44. The number of nitrogens with one attached hydrogen (secondary N) is 1. The molecule has 6 heteroatoms. The molecular formula is C22H33FN4S. The summed E-state index contributed by atoms with van der Waals surface area (Å²) < 4.78 is 15.3. The Kier molecular flexibility index (Phi) is 9.97. The molecule has 154 valence electrons. The third kappa shape index (κ3) is 7.97. The average molecular weight is 405 g/mol. The highest BCUT2D eigenvalue weighted by molar-refractivity contribution is 7.80. The van der Waals surface area contributed by atoms with Crippen LogP contribution in [0.2, 0.25) is 0 Å². The third-order valence-corrected chi connectivity index (χ3v) is 5.33. The summed E-state index contributed by atoms with van der Waals surface area (Å²) in [5.41, 5.74) is 1.06. The van der Waals surface area contributed by atoms with E-state index in [4.69, 9.17) is 12.2 Å². The van der Waals surface area contributed by atoms with Crippen molar-refractivity contribution in [1.29, 1.82) is 0 Å². The van der Waals surface area contributed by atoms with Gasteiger partial charge >= 0.3 is 0 Å². The SMILES string of the molecule is CCCCCC(CC)NC(=S)N(CCCn1ccnc1)Cc1ccc(F)cc1. The van der Waals surface area contributed by atoms with Gasteiger partial charge in [-0.2, -0.15) is 0 Å². The number of aromatic nitrogens is 2. The van der Waals surface area contributed by atoms with Crippen molar-refractivity contribution in [2.45, 2.75) is 71.5 Å². The summed E-state index contributed by atoms with van der Waals surface area (Å²) in [5.74, 6) is -0.210. The van der Waals surface area contributed by atoms with E-state index in [1.54, 1.807) is 6.20 Å². The van der Waals surface area contributed by atoms with E-state index in [1.807, 2.05) is 24.7 Å². The molecule has 28 heavy (non-hydrogen) atoms. The topological polar surface area (TPSA) is 33.1 Å². The predicted molar refractivity (Wildman–Crippen MR) is 118 cm³/mol. The lowest BCUT2D eigenvalue weighted by molar-refractivity contribution is 0.372. The summed E-state index contributed by atoms with van der Waals surface area (Å²) in [6.45, 7) is 6.85. The molecule has 1 unspecified atom stereocenters. The van der Waals surface area contributed by atoms with Gasteiger partial charge in [-0.1, -0.05) is 45.2 Å². The summed E-state index contributed by atoms with van der Waals surface area (Å²) in [6, 6.07) is 7.09. The fourth-order valence-corrected chi connectivity index (χ4v) is 3.53. The zero-order valence-electron chi connectivity index (χ0n) is 17.1. The highest BCUT2D eigenvalue weighted by Gasteiger charge is 2.14. The van der Waals surface area contributed by atoms with Crippen molar-refractivity contribution in [1.82, 2.24) is 19.8 Å². The van der Waals surface area contributed by atoms with E-state index in [9.17, 15) is 4.39 Å². The fraction of sp³-hybridized carbons (Fsp3) is 0.545. The van der Waals surface area contributed by atoms with Crippen LogP contribution in [0.3, 0.4) is 0 Å². The second kappa shape index (κ2) is 12.5. The van der Waals surface area contributed by atoms with Gasteiger partial charge in [0.25, 0.3) is 0 Å². The summed E-state index contributed by atoms with van der Waals surface area (Å²) >= 11 is 5.76. The second-order valence-corrected chi connectivity index (χ2v) is 7.64. The van der Waals surface area contributed by atoms with E-state index in [-0.39, 0.29) is 5.82 Å². The van der Waals surface area contributed by atoms with E-state index in [2.05, 4.69) is 33.6 Å². The molecule has 0 bridgehead atoms. The maximum Gasteiger partial charge on any atom is 0.169 e. The molecule has 0 saturated heterocycles. The van der Waals surface area contributed by atoms with Crippen LogP contribution >= 0.6 is 12.2 Å². The molecule has 0 spiro atoms. The van der Waals surface area contributed by atoms with Crippen molar-refractivity contribution in [2.24, 2.45) is 0 Å². The lowest BCUT2D eigenvalue weighted by atomic mass is 10.1. The van der Waals surface area contributed by atoms with Crippen molar-refractivity contribution in [3.8, 4) is 0 Å². The van der Waals surface area contributed by atoms with Crippen molar-refractivity contribution in [3.63, 3.8) is 0 Å². The Labute approximate surface area is 174 Å². The molecule has 1 heterocycles. The van der Waals surface area contributed by atoms with Crippen molar-refractivity contribution in [3.05, 3.63) is 54.4 Å². The molecule has 2 aromatic rings. The molecule has 1 atom stereocenters. The van der Waals surface area contributed by atoms with Crippen LogP contribution in [0, 0.1) is 5.82 Å². The maximum atomic E-state index is 13.2. The van der Waals surface area contributed by atoms with Crippen LogP contribution in [-0.4, -0.2) is 32.2 Å². The van der Waals surface area contributed by atoms with Crippen LogP contribution in [0.25, 0.3) is 0 Å². The Balaban J connectivity index is 1.95. The number of halogens is 1. The first-order valence-electron chi connectivity index (χ1n) is 10.4. The Morgan fingerprint density at radius 3 is 2.64 bits per heavy atom. The molecule has 0 fully saturated rings. The minimum atomic E-state index is -0.210. The largest absolute Gasteiger partial charge is 0.360 e. The molecule has 0 radical (unpaired) electrons. The molecule has 0 aliphatic heterocycles.